The molecule has 298 valence electrons. The number of fused-ring (bicyclic) bond motifs is 1. The average Bonchev–Trinajstić information content (AvgIpc) is 3.44. The standard InChI is InChI=1S/C47H54F3NO5/c1-42-19-16-36(52)25-44(42)22-23-46(38(26-44)41(54)34-14-9-15-35(24-34)47(48,49)50)39(42)17-20-43(2)40(46)18-21-45(43,55)31-51(27-32-10-5-3-6-11-32)28-37(53)30-56-29-33-12-7-4-8-13-33/h3-15,22-24,26,36-37,39-40,52-53,55H,16-21,25,27-31H2,1-2H3/t36?,37-,39-,40-,42-,43+,44+,45-,46-/m1/s1. The number of hydrogen-bond donors (Lipinski definition) is 3. The van der Waals surface area contributed by atoms with Crippen LogP contribution in [-0.4, -0.2) is 63.5 Å². The van der Waals surface area contributed by atoms with Gasteiger partial charge in [-0.3, -0.25) is 9.69 Å². The molecule has 0 radical (unpaired) electrons. The van der Waals surface area contributed by atoms with E-state index in [2.05, 4.69) is 30.9 Å². The Morgan fingerprint density at radius 1 is 0.875 bits per heavy atom. The molecule has 2 spiro atoms. The number of carbonyl (C=O) groups is 1. The zero-order valence-corrected chi connectivity index (χ0v) is 32.3. The number of aliphatic hydroxyl groups excluding tert-OH is 2. The number of carbonyl (C=O) groups excluding carboxylic acids is 1. The molecule has 9 heteroatoms. The summed E-state index contributed by atoms with van der Waals surface area (Å²) in [5.41, 5.74) is -1.80. The number of nitrogens with zero attached hydrogens (tertiary/aromatic N) is 1. The summed E-state index contributed by atoms with van der Waals surface area (Å²) in [6, 6.07) is 24.6. The fourth-order valence-corrected chi connectivity index (χ4v) is 12.2. The summed E-state index contributed by atoms with van der Waals surface area (Å²) in [4.78, 5) is 17.0. The molecule has 3 N–H and O–H groups in total. The second-order valence-electron chi connectivity index (χ2n) is 18.0. The molecule has 1 unspecified atom stereocenters. The van der Waals surface area contributed by atoms with Crippen molar-refractivity contribution < 1.29 is 38.0 Å². The first-order chi connectivity index (χ1) is 26.6. The van der Waals surface area contributed by atoms with Crippen molar-refractivity contribution in [3.8, 4) is 0 Å². The molecule has 0 aromatic heterocycles. The smallest absolute Gasteiger partial charge is 0.393 e. The lowest BCUT2D eigenvalue weighted by molar-refractivity contribution is -0.177. The Hall–Kier alpha value is -3.60. The molecule has 3 aromatic rings. The summed E-state index contributed by atoms with van der Waals surface area (Å²) in [7, 11) is 0. The number of aliphatic hydroxyl groups is 3. The number of alkyl halides is 3. The van der Waals surface area contributed by atoms with Crippen molar-refractivity contribution in [1.29, 1.82) is 0 Å². The van der Waals surface area contributed by atoms with E-state index >= 15 is 0 Å². The molecule has 56 heavy (non-hydrogen) atoms. The van der Waals surface area contributed by atoms with Gasteiger partial charge in [-0.15, -0.1) is 0 Å². The van der Waals surface area contributed by atoms with Gasteiger partial charge in [0, 0.05) is 47.0 Å². The van der Waals surface area contributed by atoms with Gasteiger partial charge in [0.15, 0.2) is 5.78 Å². The highest BCUT2D eigenvalue weighted by Gasteiger charge is 2.74. The Balaban J connectivity index is 1.13. The summed E-state index contributed by atoms with van der Waals surface area (Å²) >= 11 is 0. The third kappa shape index (κ3) is 6.42. The number of benzene rings is 3. The van der Waals surface area contributed by atoms with Gasteiger partial charge in [0.25, 0.3) is 0 Å². The highest BCUT2D eigenvalue weighted by atomic mass is 19.4. The number of ketones is 1. The zero-order chi connectivity index (χ0) is 39.6. The third-order valence-corrected chi connectivity index (χ3v) is 15.0. The maximum Gasteiger partial charge on any atom is 0.416 e. The van der Waals surface area contributed by atoms with E-state index in [1.165, 1.54) is 12.1 Å². The predicted octanol–water partition coefficient (Wildman–Crippen LogP) is 8.56. The summed E-state index contributed by atoms with van der Waals surface area (Å²) in [6.07, 6.45) is 4.92. The van der Waals surface area contributed by atoms with Gasteiger partial charge in [0.2, 0.25) is 0 Å². The van der Waals surface area contributed by atoms with Crippen molar-refractivity contribution in [3.05, 3.63) is 131 Å². The maximum atomic E-state index is 14.9. The first kappa shape index (κ1) is 39.2. The van der Waals surface area contributed by atoms with Gasteiger partial charge in [-0.25, -0.2) is 0 Å². The van der Waals surface area contributed by atoms with Gasteiger partial charge in [0.05, 0.1) is 36.6 Å². The van der Waals surface area contributed by atoms with Crippen LogP contribution < -0.4 is 0 Å². The Kier molecular flexibility index (Phi) is 10.1. The van der Waals surface area contributed by atoms with Crippen LogP contribution in [0.4, 0.5) is 13.2 Å². The van der Waals surface area contributed by atoms with Gasteiger partial charge in [-0.1, -0.05) is 105 Å². The molecular weight excluding hydrogens is 716 g/mol. The topological polar surface area (TPSA) is 90.2 Å². The zero-order valence-electron chi connectivity index (χ0n) is 32.3. The van der Waals surface area contributed by atoms with Crippen LogP contribution in [0, 0.1) is 33.5 Å². The summed E-state index contributed by atoms with van der Waals surface area (Å²) < 4.78 is 47.8. The minimum Gasteiger partial charge on any atom is -0.393 e. The first-order valence-electron chi connectivity index (χ1n) is 20.2. The van der Waals surface area contributed by atoms with Gasteiger partial charge < -0.3 is 20.1 Å². The van der Waals surface area contributed by atoms with Crippen molar-refractivity contribution in [2.24, 2.45) is 33.5 Å². The lowest BCUT2D eigenvalue weighted by Crippen LogP contribution is -2.67. The van der Waals surface area contributed by atoms with E-state index in [9.17, 15) is 33.3 Å². The Bertz CT molecular complexity index is 1990. The number of rotatable bonds is 12. The molecule has 6 nitrogen and oxygen atoms in total. The van der Waals surface area contributed by atoms with Crippen molar-refractivity contribution in [3.63, 3.8) is 0 Å². The van der Waals surface area contributed by atoms with Gasteiger partial charge in [-0.05, 0) is 85.5 Å². The number of Topliss-reactive ketones (excluding diaryl/α,β-unsaturated/α-hetero) is 1. The second kappa shape index (κ2) is 14.3. The van der Waals surface area contributed by atoms with E-state index in [-0.39, 0.29) is 36.0 Å². The molecule has 2 bridgehead atoms. The third-order valence-electron chi connectivity index (χ3n) is 15.0. The van der Waals surface area contributed by atoms with Crippen molar-refractivity contribution >= 4 is 5.78 Å². The fraction of sp³-hybridized carbons (Fsp3) is 0.511. The first-order valence-corrected chi connectivity index (χ1v) is 20.2. The number of hydrogen-bond acceptors (Lipinski definition) is 6. The SMILES string of the molecule is C[C@]12CC[C@H]3[C@]4(C=C[C@@]5(C=C4C(=O)c4cccc(C(F)(F)F)c4)CC(O)CC[C@]35C)[C@@H]1CC[C@@]2(O)CN(Cc1ccccc1)C[C@@H](O)COCc1ccccc1. The van der Waals surface area contributed by atoms with Crippen molar-refractivity contribution in [2.45, 2.75) is 95.9 Å². The van der Waals surface area contributed by atoms with Crippen LogP contribution in [0.15, 0.2) is 109 Å². The van der Waals surface area contributed by atoms with Gasteiger partial charge >= 0.3 is 6.18 Å². The van der Waals surface area contributed by atoms with E-state index < -0.39 is 51.6 Å². The van der Waals surface area contributed by atoms with Crippen LogP contribution >= 0.6 is 0 Å². The van der Waals surface area contributed by atoms with E-state index in [0.29, 0.717) is 51.0 Å². The monoisotopic (exact) mass is 769 g/mol. The molecular formula is C47H54F3NO5. The predicted molar refractivity (Wildman–Crippen MR) is 208 cm³/mol. The lowest BCUT2D eigenvalue weighted by atomic mass is 9.32. The molecule has 3 aromatic carbocycles. The molecule has 9 rings (SSSR count). The second-order valence-corrected chi connectivity index (χ2v) is 18.0. The highest BCUT2D eigenvalue weighted by Crippen LogP contribution is 2.78. The highest BCUT2D eigenvalue weighted by molar-refractivity contribution is 6.10. The van der Waals surface area contributed by atoms with E-state index in [4.69, 9.17) is 4.74 Å². The minimum atomic E-state index is -4.60. The average molecular weight is 770 g/mol. The Morgan fingerprint density at radius 3 is 2.25 bits per heavy atom. The molecule has 0 saturated heterocycles. The van der Waals surface area contributed by atoms with Crippen molar-refractivity contribution in [2.75, 3.05) is 19.7 Å². The minimum absolute atomic E-state index is 0.00619. The fourth-order valence-electron chi connectivity index (χ4n) is 12.2. The molecule has 6 aliphatic carbocycles. The lowest BCUT2D eigenvalue weighted by Gasteiger charge is -2.71. The molecule has 0 aliphatic heterocycles. The summed E-state index contributed by atoms with van der Waals surface area (Å²) in [6.45, 7) is 6.04. The summed E-state index contributed by atoms with van der Waals surface area (Å²) in [5, 5.41) is 35.4. The maximum absolute atomic E-state index is 14.9. The van der Waals surface area contributed by atoms with Crippen LogP contribution in [0.3, 0.4) is 0 Å². The Morgan fingerprint density at radius 2 is 1.54 bits per heavy atom. The van der Waals surface area contributed by atoms with Crippen LogP contribution in [0.1, 0.15) is 85.8 Å². The summed E-state index contributed by atoms with van der Waals surface area (Å²) in [5.74, 6) is -0.571. The van der Waals surface area contributed by atoms with Crippen molar-refractivity contribution in [1.82, 2.24) is 4.90 Å². The Labute approximate surface area is 328 Å². The molecule has 9 atom stereocenters. The quantitative estimate of drug-likeness (QED) is 0.126. The van der Waals surface area contributed by atoms with Crippen LogP contribution in [0.2, 0.25) is 0 Å². The molecule has 0 heterocycles. The number of halogens is 3. The van der Waals surface area contributed by atoms with Crippen LogP contribution in [0.5, 0.6) is 0 Å². The van der Waals surface area contributed by atoms with E-state index in [1.54, 1.807) is 0 Å². The largest absolute Gasteiger partial charge is 0.416 e. The molecule has 3 fully saturated rings. The van der Waals surface area contributed by atoms with E-state index in [0.717, 1.165) is 42.5 Å². The van der Waals surface area contributed by atoms with Gasteiger partial charge in [0.1, 0.15) is 0 Å². The van der Waals surface area contributed by atoms with E-state index in [1.807, 2.05) is 66.7 Å². The molecule has 3 saturated carbocycles. The van der Waals surface area contributed by atoms with Crippen LogP contribution in [0.25, 0.3) is 0 Å². The van der Waals surface area contributed by atoms with Gasteiger partial charge in [-0.2, -0.15) is 13.2 Å². The molecule has 6 aliphatic rings. The number of ether oxygens (including phenoxy) is 1. The van der Waals surface area contributed by atoms with Crippen LogP contribution in [-0.2, 0) is 24.1 Å². The number of allylic oxidation sites excluding steroid dienone is 4. The normalized spacial score (nSPS) is 35.1. The molecule has 0 amide bonds.